The van der Waals surface area contributed by atoms with Crippen LogP contribution in [0.25, 0.3) is 10.9 Å². The molecule has 0 aliphatic carbocycles. The van der Waals surface area contributed by atoms with Gasteiger partial charge in [0.2, 0.25) is 0 Å². The van der Waals surface area contributed by atoms with Crippen LogP contribution in [0.1, 0.15) is 57.7 Å². The van der Waals surface area contributed by atoms with E-state index in [1.807, 2.05) is 39.0 Å². The van der Waals surface area contributed by atoms with Crippen LogP contribution in [0.2, 0.25) is 0 Å². The van der Waals surface area contributed by atoms with Crippen molar-refractivity contribution in [1.82, 2.24) is 15.1 Å². The van der Waals surface area contributed by atoms with Crippen molar-refractivity contribution in [2.45, 2.75) is 58.2 Å². The van der Waals surface area contributed by atoms with Crippen LogP contribution in [-0.4, -0.2) is 45.9 Å². The fourth-order valence-corrected chi connectivity index (χ4v) is 4.25. The number of hydrogen-bond donors (Lipinski definition) is 2. The summed E-state index contributed by atoms with van der Waals surface area (Å²) >= 11 is 0. The molecule has 0 radical (unpaired) electrons. The van der Waals surface area contributed by atoms with Gasteiger partial charge in [-0.15, -0.1) is 0 Å². The number of ether oxygens (including phenoxy) is 1. The normalized spacial score (nSPS) is 16.9. The second kappa shape index (κ2) is 10.2. The Kier molecular flexibility index (Phi) is 7.23. The molecule has 1 aliphatic heterocycles. The summed E-state index contributed by atoms with van der Waals surface area (Å²) < 4.78 is 46.4. The maximum Gasteiger partial charge on any atom is 0.410 e. The number of likely N-dealkylation sites (tertiary alicyclic amines) is 1. The zero-order valence-corrected chi connectivity index (χ0v) is 20.7. The van der Waals surface area contributed by atoms with Crippen LogP contribution in [0.4, 0.5) is 29.3 Å². The first kappa shape index (κ1) is 25.5. The number of aromatic nitrogens is 2. The molecule has 2 heterocycles. The molecule has 2 N–H and O–H groups in total. The Hall–Kier alpha value is -3.56. The number of halogens is 3. The summed E-state index contributed by atoms with van der Waals surface area (Å²) in [5, 5.41) is 15.6. The average molecular weight is 502 g/mol. The summed E-state index contributed by atoms with van der Waals surface area (Å²) in [6.45, 7) is 8.33. The van der Waals surface area contributed by atoms with Gasteiger partial charge in [-0.2, -0.15) is 10.2 Å². The molecule has 7 nitrogen and oxygen atoms in total. The lowest BCUT2D eigenvalue weighted by atomic mass is 10.0. The molecule has 192 valence electrons. The Labute approximate surface area is 208 Å². The highest BCUT2D eigenvalue weighted by Crippen LogP contribution is 2.31. The van der Waals surface area contributed by atoms with Crippen LogP contribution < -0.4 is 10.6 Å². The molecular formula is C26H30F3N5O2. The van der Waals surface area contributed by atoms with E-state index in [0.717, 1.165) is 23.6 Å². The van der Waals surface area contributed by atoms with Crippen molar-refractivity contribution in [3.63, 3.8) is 0 Å². The number of fused-ring (bicyclic) bond motifs is 1. The van der Waals surface area contributed by atoms with Gasteiger partial charge in [0.1, 0.15) is 11.4 Å². The van der Waals surface area contributed by atoms with Gasteiger partial charge in [0.05, 0.1) is 29.0 Å². The number of carbonyl (C=O) groups excluding carboxylic acids is 1. The highest BCUT2D eigenvalue weighted by atomic mass is 19.3. The third-order valence-corrected chi connectivity index (χ3v) is 5.98. The lowest BCUT2D eigenvalue weighted by molar-refractivity contribution is 0.0293. The zero-order chi connectivity index (χ0) is 26.0. The Morgan fingerprint density at radius 1 is 1.19 bits per heavy atom. The SMILES string of the molecule is C[C@@H](Nc1cnnc2ccc(N[C@@H]3CCN(C(=O)OC(C)(C)C)C3)cc12)c1cccc(C(F)F)c1F. The number of anilines is 2. The molecule has 1 aliphatic rings. The number of rotatable bonds is 6. The van der Waals surface area contributed by atoms with Gasteiger partial charge in [-0.1, -0.05) is 18.2 Å². The van der Waals surface area contributed by atoms with E-state index in [2.05, 4.69) is 20.8 Å². The number of nitrogens with zero attached hydrogens (tertiary/aromatic N) is 3. The Morgan fingerprint density at radius 3 is 2.67 bits per heavy atom. The smallest absolute Gasteiger partial charge is 0.410 e. The maximum atomic E-state index is 14.7. The fraction of sp³-hybridized carbons (Fsp3) is 0.423. The summed E-state index contributed by atoms with van der Waals surface area (Å²) in [4.78, 5) is 14.1. The Balaban J connectivity index is 1.50. The summed E-state index contributed by atoms with van der Waals surface area (Å²) in [6, 6.07) is 9.05. The summed E-state index contributed by atoms with van der Waals surface area (Å²) in [6.07, 6.45) is -0.925. The zero-order valence-electron chi connectivity index (χ0n) is 20.7. The molecule has 1 amide bonds. The van der Waals surface area contributed by atoms with Gasteiger partial charge in [-0.3, -0.25) is 0 Å². The lowest BCUT2D eigenvalue weighted by Crippen LogP contribution is -2.36. The minimum Gasteiger partial charge on any atom is -0.444 e. The van der Waals surface area contributed by atoms with Crippen molar-refractivity contribution in [3.05, 3.63) is 59.5 Å². The second-order valence-corrected chi connectivity index (χ2v) is 9.96. The van der Waals surface area contributed by atoms with Crippen molar-refractivity contribution in [2.24, 2.45) is 0 Å². The second-order valence-electron chi connectivity index (χ2n) is 9.96. The molecular weight excluding hydrogens is 471 g/mol. The van der Waals surface area contributed by atoms with Crippen molar-refractivity contribution in [1.29, 1.82) is 0 Å². The van der Waals surface area contributed by atoms with E-state index in [1.54, 1.807) is 11.8 Å². The molecule has 2 aromatic carbocycles. The summed E-state index contributed by atoms with van der Waals surface area (Å²) in [5.74, 6) is -0.919. The molecule has 2 atom stereocenters. The van der Waals surface area contributed by atoms with Gasteiger partial charge in [-0.05, 0) is 52.3 Å². The number of benzene rings is 2. The van der Waals surface area contributed by atoms with E-state index in [4.69, 9.17) is 4.74 Å². The van der Waals surface area contributed by atoms with Crippen LogP contribution >= 0.6 is 0 Å². The van der Waals surface area contributed by atoms with E-state index in [9.17, 15) is 18.0 Å². The van der Waals surface area contributed by atoms with E-state index in [0.29, 0.717) is 24.3 Å². The minimum atomic E-state index is -2.89. The molecule has 0 saturated carbocycles. The van der Waals surface area contributed by atoms with Gasteiger partial charge in [0, 0.05) is 35.8 Å². The molecule has 36 heavy (non-hydrogen) atoms. The Morgan fingerprint density at radius 2 is 1.94 bits per heavy atom. The monoisotopic (exact) mass is 501 g/mol. The molecule has 1 aromatic heterocycles. The van der Waals surface area contributed by atoms with Crippen molar-refractivity contribution in [2.75, 3.05) is 23.7 Å². The minimum absolute atomic E-state index is 0.0475. The molecule has 1 saturated heterocycles. The number of amides is 1. The number of hydrogen-bond acceptors (Lipinski definition) is 6. The molecule has 1 fully saturated rings. The Bertz CT molecular complexity index is 1250. The summed E-state index contributed by atoms with van der Waals surface area (Å²) in [7, 11) is 0. The molecule has 0 unspecified atom stereocenters. The van der Waals surface area contributed by atoms with Gasteiger partial charge in [0.25, 0.3) is 6.43 Å². The van der Waals surface area contributed by atoms with E-state index in [-0.39, 0.29) is 17.7 Å². The molecule has 10 heteroatoms. The predicted octanol–water partition coefficient (Wildman–Crippen LogP) is 6.30. The summed E-state index contributed by atoms with van der Waals surface area (Å²) in [5.41, 5.74) is 1.02. The first-order valence-corrected chi connectivity index (χ1v) is 11.8. The third kappa shape index (κ3) is 5.80. The van der Waals surface area contributed by atoms with Crippen LogP contribution in [0.3, 0.4) is 0 Å². The number of nitrogens with one attached hydrogen (secondary N) is 2. The quantitative estimate of drug-likeness (QED) is 0.413. The number of carbonyl (C=O) groups is 1. The average Bonchev–Trinajstić information content (AvgIpc) is 3.27. The number of alkyl halides is 2. The third-order valence-electron chi connectivity index (χ3n) is 5.98. The van der Waals surface area contributed by atoms with Crippen molar-refractivity contribution >= 4 is 28.4 Å². The molecule has 0 bridgehead atoms. The first-order valence-electron chi connectivity index (χ1n) is 11.8. The molecule has 4 rings (SSSR count). The van der Waals surface area contributed by atoms with E-state index in [1.165, 1.54) is 18.3 Å². The van der Waals surface area contributed by atoms with Crippen LogP contribution in [0.5, 0.6) is 0 Å². The van der Waals surface area contributed by atoms with E-state index < -0.39 is 29.4 Å². The standard InChI is InChI=1S/C26H30F3N5O2/c1-15(18-6-5-7-19(23(18)27)24(28)29)31-22-13-30-33-21-9-8-16(12-20(21)22)32-17-10-11-34(14-17)25(35)36-26(2,3)4/h5-9,12-13,15,17,24,32H,10-11,14H2,1-4H3,(H,31,33)/t15-,17-/m1/s1. The van der Waals surface area contributed by atoms with Crippen molar-refractivity contribution in [3.8, 4) is 0 Å². The van der Waals surface area contributed by atoms with Crippen LogP contribution in [0, 0.1) is 5.82 Å². The first-order chi connectivity index (χ1) is 17.0. The van der Waals surface area contributed by atoms with Crippen LogP contribution in [0.15, 0.2) is 42.6 Å². The van der Waals surface area contributed by atoms with Gasteiger partial charge in [0.15, 0.2) is 0 Å². The highest BCUT2D eigenvalue weighted by Gasteiger charge is 2.29. The largest absolute Gasteiger partial charge is 0.444 e. The van der Waals surface area contributed by atoms with Gasteiger partial charge < -0.3 is 20.3 Å². The van der Waals surface area contributed by atoms with Gasteiger partial charge in [-0.25, -0.2) is 18.0 Å². The van der Waals surface area contributed by atoms with Gasteiger partial charge >= 0.3 is 6.09 Å². The molecule has 0 spiro atoms. The predicted molar refractivity (Wildman–Crippen MR) is 133 cm³/mol. The van der Waals surface area contributed by atoms with Crippen LogP contribution in [-0.2, 0) is 4.74 Å². The maximum absolute atomic E-state index is 14.7. The topological polar surface area (TPSA) is 79.4 Å². The van der Waals surface area contributed by atoms with E-state index >= 15 is 0 Å². The molecule has 3 aromatic rings. The highest BCUT2D eigenvalue weighted by molar-refractivity contribution is 5.93. The van der Waals surface area contributed by atoms with Crippen molar-refractivity contribution < 1.29 is 22.7 Å². The fourth-order valence-electron chi connectivity index (χ4n) is 4.25. The lowest BCUT2D eigenvalue weighted by Gasteiger charge is -2.24.